The van der Waals surface area contributed by atoms with Crippen molar-refractivity contribution in [2.24, 2.45) is 0 Å². The van der Waals surface area contributed by atoms with Crippen molar-refractivity contribution in [3.63, 3.8) is 0 Å². The molecule has 0 aliphatic carbocycles. The highest BCUT2D eigenvalue weighted by atomic mass is 16.5. The number of carbonyl (C=O) groups excluding carboxylic acids is 1. The lowest BCUT2D eigenvalue weighted by Gasteiger charge is -2.13. The molecule has 0 heterocycles. The minimum absolute atomic E-state index is 0.115. The molecule has 0 saturated carbocycles. The molecular formula is C22H21NO2. The standard InChI is InChI=1S/C22H21NO2/c1-3-17-9-7-8-16(2)21(17)23-22(24)18-12-14-20(15-13-18)25-19-10-5-4-6-11-19/h4-15H,3H2,1-2H3,(H,23,24). The lowest BCUT2D eigenvalue weighted by Crippen LogP contribution is -2.14. The Balaban J connectivity index is 1.73. The van der Waals surface area contributed by atoms with Gasteiger partial charge >= 0.3 is 0 Å². The van der Waals surface area contributed by atoms with Crippen LogP contribution in [0.3, 0.4) is 0 Å². The van der Waals surface area contributed by atoms with Crippen LogP contribution in [0.4, 0.5) is 5.69 Å². The van der Waals surface area contributed by atoms with Gasteiger partial charge in [0.2, 0.25) is 0 Å². The van der Waals surface area contributed by atoms with Crippen molar-refractivity contribution >= 4 is 11.6 Å². The smallest absolute Gasteiger partial charge is 0.255 e. The van der Waals surface area contributed by atoms with E-state index in [1.54, 1.807) is 24.3 Å². The van der Waals surface area contributed by atoms with E-state index in [9.17, 15) is 4.79 Å². The third-order valence-corrected chi connectivity index (χ3v) is 4.07. The fourth-order valence-electron chi connectivity index (χ4n) is 2.69. The second-order valence-corrected chi connectivity index (χ2v) is 5.86. The Morgan fingerprint density at radius 3 is 2.24 bits per heavy atom. The monoisotopic (exact) mass is 331 g/mol. The number of nitrogens with one attached hydrogen (secondary N) is 1. The Morgan fingerprint density at radius 1 is 0.880 bits per heavy atom. The van der Waals surface area contributed by atoms with Crippen LogP contribution in [0, 0.1) is 6.92 Å². The van der Waals surface area contributed by atoms with E-state index in [1.807, 2.05) is 55.5 Å². The second kappa shape index (κ2) is 7.67. The molecule has 0 bridgehead atoms. The fourth-order valence-corrected chi connectivity index (χ4v) is 2.69. The number of hydrogen-bond acceptors (Lipinski definition) is 2. The van der Waals surface area contributed by atoms with Gasteiger partial charge in [-0.25, -0.2) is 0 Å². The fraction of sp³-hybridized carbons (Fsp3) is 0.136. The van der Waals surface area contributed by atoms with Gasteiger partial charge < -0.3 is 10.1 Å². The molecule has 0 radical (unpaired) electrons. The van der Waals surface area contributed by atoms with E-state index in [2.05, 4.69) is 12.2 Å². The molecule has 1 amide bonds. The molecule has 0 aromatic heterocycles. The zero-order valence-electron chi connectivity index (χ0n) is 14.5. The molecule has 0 aliphatic heterocycles. The highest BCUT2D eigenvalue weighted by Crippen LogP contribution is 2.24. The number of benzene rings is 3. The van der Waals surface area contributed by atoms with Crippen LogP contribution in [0.5, 0.6) is 11.5 Å². The normalized spacial score (nSPS) is 10.3. The summed E-state index contributed by atoms with van der Waals surface area (Å²) in [6.07, 6.45) is 0.876. The van der Waals surface area contributed by atoms with Crippen molar-refractivity contribution in [2.75, 3.05) is 5.32 Å². The first-order valence-electron chi connectivity index (χ1n) is 8.40. The molecule has 3 nitrogen and oxygen atoms in total. The Kier molecular flexibility index (Phi) is 5.14. The van der Waals surface area contributed by atoms with Gasteiger partial charge in [0.05, 0.1) is 0 Å². The van der Waals surface area contributed by atoms with Crippen LogP contribution in [-0.4, -0.2) is 5.91 Å². The van der Waals surface area contributed by atoms with Crippen molar-refractivity contribution in [2.45, 2.75) is 20.3 Å². The Bertz CT molecular complexity index is 855. The van der Waals surface area contributed by atoms with Crippen molar-refractivity contribution in [3.05, 3.63) is 89.5 Å². The van der Waals surface area contributed by atoms with Crippen LogP contribution in [-0.2, 0) is 6.42 Å². The highest BCUT2D eigenvalue weighted by Gasteiger charge is 2.11. The first-order valence-corrected chi connectivity index (χ1v) is 8.40. The van der Waals surface area contributed by atoms with Gasteiger partial charge in [-0.15, -0.1) is 0 Å². The Morgan fingerprint density at radius 2 is 1.56 bits per heavy atom. The predicted molar refractivity (Wildman–Crippen MR) is 101 cm³/mol. The topological polar surface area (TPSA) is 38.3 Å². The van der Waals surface area contributed by atoms with Gasteiger partial charge in [-0.05, 0) is 60.9 Å². The quantitative estimate of drug-likeness (QED) is 0.660. The van der Waals surface area contributed by atoms with E-state index in [1.165, 1.54) is 0 Å². The summed E-state index contributed by atoms with van der Waals surface area (Å²) in [7, 11) is 0. The molecule has 3 aromatic carbocycles. The summed E-state index contributed by atoms with van der Waals surface area (Å²) < 4.78 is 5.76. The van der Waals surface area contributed by atoms with E-state index < -0.39 is 0 Å². The van der Waals surface area contributed by atoms with Gasteiger partial charge in [-0.3, -0.25) is 4.79 Å². The number of hydrogen-bond donors (Lipinski definition) is 1. The minimum Gasteiger partial charge on any atom is -0.457 e. The molecule has 25 heavy (non-hydrogen) atoms. The Hall–Kier alpha value is -3.07. The average molecular weight is 331 g/mol. The first-order chi connectivity index (χ1) is 12.2. The van der Waals surface area contributed by atoms with Gasteiger partial charge in [0.25, 0.3) is 5.91 Å². The molecule has 0 fully saturated rings. The number of carbonyl (C=O) groups is 1. The summed E-state index contributed by atoms with van der Waals surface area (Å²) in [6.45, 7) is 4.09. The number of anilines is 1. The van der Waals surface area contributed by atoms with Crippen LogP contribution in [0.15, 0.2) is 72.8 Å². The predicted octanol–water partition coefficient (Wildman–Crippen LogP) is 5.60. The van der Waals surface area contributed by atoms with Crippen LogP contribution in [0.1, 0.15) is 28.4 Å². The summed E-state index contributed by atoms with van der Waals surface area (Å²) in [5.41, 5.74) is 3.71. The van der Waals surface area contributed by atoms with E-state index in [4.69, 9.17) is 4.74 Å². The zero-order chi connectivity index (χ0) is 17.6. The summed E-state index contributed by atoms with van der Waals surface area (Å²) in [6, 6.07) is 22.8. The summed E-state index contributed by atoms with van der Waals surface area (Å²) in [5, 5.41) is 3.04. The van der Waals surface area contributed by atoms with Gasteiger partial charge in [0.15, 0.2) is 0 Å². The molecule has 0 unspecified atom stereocenters. The maximum atomic E-state index is 12.6. The largest absolute Gasteiger partial charge is 0.457 e. The number of rotatable bonds is 5. The third kappa shape index (κ3) is 4.07. The molecule has 1 N–H and O–H groups in total. The molecule has 3 aromatic rings. The van der Waals surface area contributed by atoms with Gasteiger partial charge in [0, 0.05) is 11.3 Å². The van der Waals surface area contributed by atoms with Gasteiger partial charge in [-0.2, -0.15) is 0 Å². The number of amides is 1. The van der Waals surface area contributed by atoms with Crippen molar-refractivity contribution < 1.29 is 9.53 Å². The lowest BCUT2D eigenvalue weighted by atomic mass is 10.1. The number of aryl methyl sites for hydroxylation is 2. The Labute approximate surface area is 148 Å². The summed E-state index contributed by atoms with van der Waals surface area (Å²) >= 11 is 0. The molecule has 0 aliphatic rings. The van der Waals surface area contributed by atoms with Gasteiger partial charge in [0.1, 0.15) is 11.5 Å². The molecule has 0 saturated heterocycles. The highest BCUT2D eigenvalue weighted by molar-refractivity contribution is 6.05. The molecule has 0 spiro atoms. The molecule has 126 valence electrons. The van der Waals surface area contributed by atoms with Crippen LogP contribution in [0.25, 0.3) is 0 Å². The van der Waals surface area contributed by atoms with Crippen molar-refractivity contribution in [1.82, 2.24) is 0 Å². The first kappa shape index (κ1) is 16.8. The average Bonchev–Trinajstić information content (AvgIpc) is 2.64. The molecule has 3 heteroatoms. The number of ether oxygens (including phenoxy) is 1. The van der Waals surface area contributed by atoms with E-state index in [0.29, 0.717) is 11.3 Å². The van der Waals surface area contributed by atoms with E-state index >= 15 is 0 Å². The third-order valence-electron chi connectivity index (χ3n) is 4.07. The maximum Gasteiger partial charge on any atom is 0.255 e. The van der Waals surface area contributed by atoms with Crippen molar-refractivity contribution in [3.8, 4) is 11.5 Å². The zero-order valence-corrected chi connectivity index (χ0v) is 14.5. The van der Waals surface area contributed by atoms with Crippen LogP contribution >= 0.6 is 0 Å². The molecular weight excluding hydrogens is 310 g/mol. The number of para-hydroxylation sites is 2. The van der Waals surface area contributed by atoms with Crippen molar-refractivity contribution in [1.29, 1.82) is 0 Å². The van der Waals surface area contributed by atoms with E-state index in [0.717, 1.165) is 29.0 Å². The molecule has 0 atom stereocenters. The van der Waals surface area contributed by atoms with Crippen LogP contribution in [0.2, 0.25) is 0 Å². The van der Waals surface area contributed by atoms with Crippen LogP contribution < -0.4 is 10.1 Å². The minimum atomic E-state index is -0.115. The summed E-state index contributed by atoms with van der Waals surface area (Å²) in [4.78, 5) is 12.6. The SMILES string of the molecule is CCc1cccc(C)c1NC(=O)c1ccc(Oc2ccccc2)cc1. The second-order valence-electron chi connectivity index (χ2n) is 5.86. The van der Waals surface area contributed by atoms with E-state index in [-0.39, 0.29) is 5.91 Å². The maximum absolute atomic E-state index is 12.6. The summed E-state index contributed by atoms with van der Waals surface area (Å²) in [5.74, 6) is 1.36. The van der Waals surface area contributed by atoms with Gasteiger partial charge in [-0.1, -0.05) is 43.3 Å². The molecule has 3 rings (SSSR count). The lowest BCUT2D eigenvalue weighted by molar-refractivity contribution is 0.102.